The van der Waals surface area contributed by atoms with Crippen molar-refractivity contribution in [3.05, 3.63) is 93.8 Å². The van der Waals surface area contributed by atoms with E-state index in [1.165, 1.54) is 36.6 Å². The number of hydrogen-bond donors (Lipinski definition) is 2. The second-order valence-corrected chi connectivity index (χ2v) is 6.52. The van der Waals surface area contributed by atoms with E-state index in [-0.39, 0.29) is 28.8 Å². The Balaban J connectivity index is 1.71. The summed E-state index contributed by atoms with van der Waals surface area (Å²) in [6, 6.07) is 12.8. The summed E-state index contributed by atoms with van der Waals surface area (Å²) >= 11 is 0. The van der Waals surface area contributed by atoms with Gasteiger partial charge in [0.2, 0.25) is 0 Å². The van der Waals surface area contributed by atoms with Crippen LogP contribution >= 0.6 is 0 Å². The van der Waals surface area contributed by atoms with Crippen LogP contribution in [0.25, 0.3) is 10.8 Å². The third-order valence-corrected chi connectivity index (χ3v) is 4.55. The van der Waals surface area contributed by atoms with Crippen LogP contribution in [-0.2, 0) is 12.6 Å². The molecule has 2 N–H and O–H groups in total. The van der Waals surface area contributed by atoms with Crippen LogP contribution in [0.3, 0.4) is 0 Å². The topological polar surface area (TPSA) is 88.0 Å². The molecule has 0 saturated heterocycles. The second-order valence-electron chi connectivity index (χ2n) is 6.52. The summed E-state index contributed by atoms with van der Waals surface area (Å²) in [5.41, 5.74) is -0.617. The Bertz CT molecular complexity index is 1280. The molecule has 0 unspecified atom stereocenters. The molecule has 6 nitrogen and oxygen atoms in total. The average Bonchev–Trinajstić information content (AvgIpc) is 3.25. The zero-order valence-corrected chi connectivity index (χ0v) is 15.3. The fraction of sp³-hybridized carbons (Fsp3) is 0.0952. The van der Waals surface area contributed by atoms with Gasteiger partial charge in [-0.1, -0.05) is 24.3 Å². The number of nitrogens with one attached hydrogen (secondary N) is 2. The van der Waals surface area contributed by atoms with Gasteiger partial charge in [-0.15, -0.1) is 0 Å². The number of halogens is 3. The minimum absolute atomic E-state index is 0.0426. The first-order chi connectivity index (χ1) is 14.3. The number of carbonyl (C=O) groups excluding carboxylic acids is 1. The van der Waals surface area contributed by atoms with Crippen LogP contribution in [0.2, 0.25) is 0 Å². The first kappa shape index (κ1) is 19.4. The lowest BCUT2D eigenvalue weighted by Crippen LogP contribution is -2.15. The molecule has 0 radical (unpaired) electrons. The molecular weight excluding hydrogens is 399 g/mol. The molecule has 0 aliphatic carbocycles. The number of rotatable bonds is 4. The Labute approximate surface area is 167 Å². The quantitative estimate of drug-likeness (QED) is 0.520. The zero-order chi connectivity index (χ0) is 21.3. The maximum absolute atomic E-state index is 13.3. The molecule has 0 atom stereocenters. The highest BCUT2D eigenvalue weighted by Crippen LogP contribution is 2.33. The van der Waals surface area contributed by atoms with Gasteiger partial charge in [-0.05, 0) is 35.9 Å². The Hall–Kier alpha value is -3.88. The number of H-pyrrole nitrogens is 1. The molecule has 1 amide bonds. The third kappa shape index (κ3) is 3.82. The third-order valence-electron chi connectivity index (χ3n) is 4.55. The van der Waals surface area contributed by atoms with E-state index in [9.17, 15) is 22.8 Å². The number of aromatic nitrogens is 2. The van der Waals surface area contributed by atoms with Crippen molar-refractivity contribution in [2.24, 2.45) is 0 Å². The van der Waals surface area contributed by atoms with Crippen molar-refractivity contribution in [1.82, 2.24) is 10.2 Å². The molecule has 2 heterocycles. The van der Waals surface area contributed by atoms with Crippen LogP contribution in [0.5, 0.6) is 0 Å². The molecule has 0 aliphatic rings. The zero-order valence-electron chi connectivity index (χ0n) is 15.3. The first-order valence-electron chi connectivity index (χ1n) is 8.84. The van der Waals surface area contributed by atoms with Crippen molar-refractivity contribution in [1.29, 1.82) is 0 Å². The van der Waals surface area contributed by atoms with E-state index in [2.05, 4.69) is 15.5 Å². The molecule has 4 rings (SSSR count). The number of amides is 1. The second kappa shape index (κ2) is 7.51. The smallest absolute Gasteiger partial charge is 0.416 e. The van der Waals surface area contributed by atoms with Crippen molar-refractivity contribution in [2.75, 3.05) is 5.32 Å². The number of anilines is 1. The summed E-state index contributed by atoms with van der Waals surface area (Å²) in [6.07, 6.45) is -3.27. The van der Waals surface area contributed by atoms with Crippen molar-refractivity contribution in [3.8, 4) is 0 Å². The number of carbonyl (C=O) groups is 1. The summed E-state index contributed by atoms with van der Waals surface area (Å²) in [6.45, 7) is 0. The first-order valence-corrected chi connectivity index (χ1v) is 8.84. The van der Waals surface area contributed by atoms with Crippen molar-refractivity contribution in [3.63, 3.8) is 0 Å². The highest BCUT2D eigenvalue weighted by atomic mass is 19.4. The Morgan fingerprint density at radius 2 is 1.87 bits per heavy atom. The SMILES string of the molecule is O=C(Nc1ccc2c(Cc3ccccc3C(F)(F)F)n[nH]c(=O)c2c1)c1ccco1. The molecule has 0 aliphatic heterocycles. The molecule has 2 aromatic carbocycles. The monoisotopic (exact) mass is 413 g/mol. The number of benzene rings is 2. The molecular formula is C21H14F3N3O3. The normalized spacial score (nSPS) is 11.6. The van der Waals surface area contributed by atoms with Crippen LogP contribution in [-0.4, -0.2) is 16.1 Å². The Morgan fingerprint density at radius 3 is 2.60 bits per heavy atom. The Morgan fingerprint density at radius 1 is 1.07 bits per heavy atom. The van der Waals surface area contributed by atoms with Crippen LogP contribution in [0, 0.1) is 0 Å². The molecule has 2 aromatic heterocycles. The average molecular weight is 413 g/mol. The largest absolute Gasteiger partial charge is 0.459 e. The number of alkyl halides is 3. The summed E-state index contributed by atoms with van der Waals surface area (Å²) in [4.78, 5) is 24.4. The number of nitrogens with zero attached hydrogens (tertiary/aromatic N) is 1. The van der Waals surface area contributed by atoms with E-state index in [0.29, 0.717) is 11.1 Å². The molecule has 152 valence electrons. The minimum Gasteiger partial charge on any atom is -0.459 e. The van der Waals surface area contributed by atoms with E-state index in [0.717, 1.165) is 6.07 Å². The number of hydrogen-bond acceptors (Lipinski definition) is 4. The fourth-order valence-corrected chi connectivity index (χ4v) is 3.17. The van der Waals surface area contributed by atoms with Crippen LogP contribution in [0.4, 0.5) is 18.9 Å². The highest BCUT2D eigenvalue weighted by molar-refractivity contribution is 6.03. The van der Waals surface area contributed by atoms with Crippen LogP contribution < -0.4 is 10.9 Å². The fourth-order valence-electron chi connectivity index (χ4n) is 3.17. The predicted octanol–water partition coefficient (Wildman–Crippen LogP) is 4.38. The van der Waals surface area contributed by atoms with Gasteiger partial charge < -0.3 is 9.73 Å². The van der Waals surface area contributed by atoms with Gasteiger partial charge in [0.05, 0.1) is 22.9 Å². The van der Waals surface area contributed by atoms with Gasteiger partial charge in [0.15, 0.2) is 5.76 Å². The Kier molecular flexibility index (Phi) is 4.86. The standard InChI is InChI=1S/C21H14F3N3O3/c22-21(23,24)16-5-2-1-4-12(16)10-17-14-8-7-13(11-15(14)19(28)27-26-17)25-20(29)18-6-3-9-30-18/h1-9,11H,10H2,(H,25,29)(H,27,28). The predicted molar refractivity (Wildman–Crippen MR) is 103 cm³/mol. The van der Waals surface area contributed by atoms with E-state index < -0.39 is 23.2 Å². The summed E-state index contributed by atoms with van der Waals surface area (Å²) in [5.74, 6) is -0.396. The highest BCUT2D eigenvalue weighted by Gasteiger charge is 2.33. The van der Waals surface area contributed by atoms with Crippen LogP contribution in [0.15, 0.2) is 70.1 Å². The van der Waals surface area contributed by atoms with Gasteiger partial charge in [0.1, 0.15) is 0 Å². The minimum atomic E-state index is -4.50. The maximum Gasteiger partial charge on any atom is 0.416 e. The van der Waals surface area contributed by atoms with Gasteiger partial charge in [0, 0.05) is 17.5 Å². The molecule has 0 spiro atoms. The lowest BCUT2D eigenvalue weighted by Gasteiger charge is -2.13. The van der Waals surface area contributed by atoms with Crippen molar-refractivity contribution in [2.45, 2.75) is 12.6 Å². The maximum atomic E-state index is 13.3. The van der Waals surface area contributed by atoms with Gasteiger partial charge in [-0.25, -0.2) is 5.10 Å². The van der Waals surface area contributed by atoms with E-state index in [1.807, 2.05) is 0 Å². The van der Waals surface area contributed by atoms with E-state index in [4.69, 9.17) is 4.42 Å². The molecule has 4 aromatic rings. The van der Waals surface area contributed by atoms with Gasteiger partial charge in [-0.2, -0.15) is 18.3 Å². The summed E-state index contributed by atoms with van der Waals surface area (Å²) < 4.78 is 44.9. The summed E-state index contributed by atoms with van der Waals surface area (Å²) in [5, 5.41) is 9.46. The van der Waals surface area contributed by atoms with E-state index in [1.54, 1.807) is 18.2 Å². The number of fused-ring (bicyclic) bond motifs is 1. The van der Waals surface area contributed by atoms with Crippen LogP contribution in [0.1, 0.15) is 27.4 Å². The molecule has 9 heteroatoms. The molecule has 30 heavy (non-hydrogen) atoms. The molecule has 0 bridgehead atoms. The summed E-state index contributed by atoms with van der Waals surface area (Å²) in [7, 11) is 0. The van der Waals surface area contributed by atoms with E-state index >= 15 is 0 Å². The number of furan rings is 1. The lowest BCUT2D eigenvalue weighted by atomic mass is 9.99. The van der Waals surface area contributed by atoms with Crippen molar-refractivity contribution < 1.29 is 22.4 Å². The van der Waals surface area contributed by atoms with Gasteiger partial charge in [0.25, 0.3) is 11.5 Å². The molecule has 0 saturated carbocycles. The van der Waals surface area contributed by atoms with Gasteiger partial charge >= 0.3 is 6.18 Å². The number of aromatic amines is 1. The van der Waals surface area contributed by atoms with Gasteiger partial charge in [-0.3, -0.25) is 9.59 Å². The van der Waals surface area contributed by atoms with Crippen molar-refractivity contribution >= 4 is 22.4 Å². The molecule has 0 fully saturated rings. The lowest BCUT2D eigenvalue weighted by molar-refractivity contribution is -0.138.